The van der Waals surface area contributed by atoms with Crippen LogP contribution in [-0.4, -0.2) is 42.1 Å². The Bertz CT molecular complexity index is 885. The van der Waals surface area contributed by atoms with Gasteiger partial charge in [-0.1, -0.05) is 12.1 Å². The Hall–Kier alpha value is -1.48. The molecule has 1 aliphatic heterocycles. The van der Waals surface area contributed by atoms with Crippen LogP contribution < -0.4 is 5.32 Å². The van der Waals surface area contributed by atoms with E-state index in [1.165, 1.54) is 16.4 Å². The molecule has 0 aliphatic carbocycles. The average molecular weight is 403 g/mol. The third-order valence-electron chi connectivity index (χ3n) is 4.61. The maximum absolute atomic E-state index is 13.6. The molecule has 26 heavy (non-hydrogen) atoms. The van der Waals surface area contributed by atoms with Crippen molar-refractivity contribution in [3.63, 3.8) is 0 Å². The molecule has 3 rings (SSSR count). The van der Waals surface area contributed by atoms with Crippen LogP contribution in [0.15, 0.2) is 29.2 Å². The highest BCUT2D eigenvalue weighted by atomic mass is 35.5. The van der Waals surface area contributed by atoms with Crippen molar-refractivity contribution in [1.82, 2.24) is 19.4 Å². The van der Waals surface area contributed by atoms with Crippen molar-refractivity contribution >= 4 is 22.4 Å². The molecule has 0 amide bonds. The number of rotatable bonds is 4. The minimum atomic E-state index is -3.74. The molecular formula is C17H24ClFN4O2S. The molecular weight excluding hydrogens is 379 g/mol. The molecule has 1 aliphatic rings. The maximum atomic E-state index is 13.6. The lowest BCUT2D eigenvalue weighted by Crippen LogP contribution is -2.48. The summed E-state index contributed by atoms with van der Waals surface area (Å²) >= 11 is 0. The quantitative estimate of drug-likeness (QED) is 0.852. The zero-order chi connectivity index (χ0) is 18.2. The largest absolute Gasteiger partial charge is 0.313 e. The molecule has 2 aromatic rings. The van der Waals surface area contributed by atoms with Gasteiger partial charge in [0.25, 0.3) is 0 Å². The number of aryl methyl sites for hydroxylation is 2. The molecule has 0 spiro atoms. The minimum Gasteiger partial charge on any atom is -0.313 e. The summed E-state index contributed by atoms with van der Waals surface area (Å²) in [6.07, 6.45) is 0. The molecule has 1 aromatic heterocycles. The molecule has 6 nitrogen and oxygen atoms in total. The van der Waals surface area contributed by atoms with E-state index in [9.17, 15) is 12.8 Å². The van der Waals surface area contributed by atoms with Crippen molar-refractivity contribution < 1.29 is 12.8 Å². The summed E-state index contributed by atoms with van der Waals surface area (Å²) in [5.41, 5.74) is 1.78. The third-order valence-corrected chi connectivity index (χ3v) is 6.77. The summed E-state index contributed by atoms with van der Waals surface area (Å²) in [5, 5.41) is 7.54. The van der Waals surface area contributed by atoms with Gasteiger partial charge in [-0.05, 0) is 38.5 Å². The van der Waals surface area contributed by atoms with Crippen molar-refractivity contribution in [3.05, 3.63) is 47.0 Å². The zero-order valence-corrected chi connectivity index (χ0v) is 16.7. The molecule has 0 radical (unpaired) electrons. The van der Waals surface area contributed by atoms with E-state index < -0.39 is 16.1 Å². The second-order valence-corrected chi connectivity index (χ2v) is 8.03. The highest BCUT2D eigenvalue weighted by Crippen LogP contribution is 2.31. The number of hydrogen-bond acceptors (Lipinski definition) is 4. The standard InChI is InChI=1S/C17H23FN4O2S.ClH/c1-4-21-13(3)17(12(2)20-21)25(23,24)22-9-8-19-11-16(22)14-6-5-7-15(18)10-14;/h5-7,10,16,19H,4,8-9,11H2,1-3H3;1H. The first-order valence-electron chi connectivity index (χ1n) is 8.38. The van der Waals surface area contributed by atoms with Gasteiger partial charge in [0.2, 0.25) is 10.0 Å². The molecule has 1 N–H and O–H groups in total. The number of benzene rings is 1. The summed E-state index contributed by atoms with van der Waals surface area (Å²) in [4.78, 5) is 0.262. The number of nitrogens with one attached hydrogen (secondary N) is 1. The first kappa shape index (κ1) is 20.8. The number of sulfonamides is 1. The number of halogens is 2. The lowest BCUT2D eigenvalue weighted by molar-refractivity contribution is 0.270. The molecule has 9 heteroatoms. The van der Waals surface area contributed by atoms with E-state index in [0.29, 0.717) is 43.1 Å². The smallest absolute Gasteiger partial charge is 0.247 e. The van der Waals surface area contributed by atoms with Crippen molar-refractivity contribution in [1.29, 1.82) is 0 Å². The molecule has 0 saturated carbocycles. The Morgan fingerprint density at radius 2 is 2.08 bits per heavy atom. The van der Waals surface area contributed by atoms with Gasteiger partial charge in [0.15, 0.2) is 0 Å². The molecule has 1 fully saturated rings. The van der Waals surface area contributed by atoms with E-state index >= 15 is 0 Å². The van der Waals surface area contributed by atoms with Gasteiger partial charge in [0.1, 0.15) is 10.7 Å². The van der Waals surface area contributed by atoms with Crippen molar-refractivity contribution in [2.45, 2.75) is 38.3 Å². The fourth-order valence-electron chi connectivity index (χ4n) is 3.45. The number of piperazine rings is 1. The predicted octanol–water partition coefficient (Wildman–Crippen LogP) is 2.42. The molecule has 1 unspecified atom stereocenters. The highest BCUT2D eigenvalue weighted by molar-refractivity contribution is 7.89. The minimum absolute atomic E-state index is 0. The monoisotopic (exact) mass is 402 g/mol. The van der Waals surface area contributed by atoms with Gasteiger partial charge in [-0.2, -0.15) is 9.40 Å². The molecule has 144 valence electrons. The summed E-state index contributed by atoms with van der Waals surface area (Å²) in [6, 6.07) is 5.68. The second-order valence-electron chi connectivity index (χ2n) is 6.21. The summed E-state index contributed by atoms with van der Waals surface area (Å²) in [6.45, 7) is 7.36. The van der Waals surface area contributed by atoms with E-state index in [1.807, 2.05) is 6.92 Å². The normalized spacial score (nSPS) is 18.5. The number of aromatic nitrogens is 2. The fourth-order valence-corrected chi connectivity index (χ4v) is 5.44. The SMILES string of the molecule is CCn1nc(C)c(S(=O)(=O)N2CCNCC2c2cccc(F)c2)c1C.Cl. The first-order chi connectivity index (χ1) is 11.9. The van der Waals surface area contributed by atoms with Crippen LogP contribution in [0.1, 0.15) is 29.9 Å². The van der Waals surface area contributed by atoms with Gasteiger partial charge in [-0.25, -0.2) is 12.8 Å². The zero-order valence-electron chi connectivity index (χ0n) is 15.1. The van der Waals surface area contributed by atoms with E-state index in [2.05, 4.69) is 10.4 Å². The van der Waals surface area contributed by atoms with Crippen LogP contribution >= 0.6 is 12.4 Å². The van der Waals surface area contributed by atoms with Gasteiger partial charge in [-0.15, -0.1) is 12.4 Å². The van der Waals surface area contributed by atoms with Crippen LogP contribution in [0.2, 0.25) is 0 Å². The average Bonchev–Trinajstić information content (AvgIpc) is 2.89. The molecule has 1 aromatic carbocycles. The van der Waals surface area contributed by atoms with Gasteiger partial charge in [-0.3, -0.25) is 4.68 Å². The van der Waals surface area contributed by atoms with Crippen molar-refractivity contribution in [3.8, 4) is 0 Å². The second kappa shape index (κ2) is 8.04. The van der Waals surface area contributed by atoms with Crippen LogP contribution in [0.4, 0.5) is 4.39 Å². The maximum Gasteiger partial charge on any atom is 0.247 e. The Morgan fingerprint density at radius 3 is 2.69 bits per heavy atom. The predicted molar refractivity (Wildman–Crippen MR) is 101 cm³/mol. The summed E-state index contributed by atoms with van der Waals surface area (Å²) < 4.78 is 43.6. The van der Waals surface area contributed by atoms with Crippen LogP contribution in [-0.2, 0) is 16.6 Å². The number of hydrogen-bond donors (Lipinski definition) is 1. The van der Waals surface area contributed by atoms with E-state index in [4.69, 9.17) is 0 Å². The molecule has 0 bridgehead atoms. The van der Waals surface area contributed by atoms with Crippen LogP contribution in [0.5, 0.6) is 0 Å². The fraction of sp³-hybridized carbons (Fsp3) is 0.471. The lowest BCUT2D eigenvalue weighted by Gasteiger charge is -2.35. The van der Waals surface area contributed by atoms with Gasteiger partial charge in [0.05, 0.1) is 17.4 Å². The van der Waals surface area contributed by atoms with E-state index in [1.54, 1.807) is 30.7 Å². The topological polar surface area (TPSA) is 67.2 Å². The molecule has 1 atom stereocenters. The van der Waals surface area contributed by atoms with Gasteiger partial charge >= 0.3 is 0 Å². The Balaban J connectivity index is 0.00000243. The lowest BCUT2D eigenvalue weighted by atomic mass is 10.1. The third kappa shape index (κ3) is 3.64. The van der Waals surface area contributed by atoms with Gasteiger partial charge < -0.3 is 5.32 Å². The molecule has 2 heterocycles. The van der Waals surface area contributed by atoms with Crippen molar-refractivity contribution in [2.24, 2.45) is 0 Å². The Morgan fingerprint density at radius 1 is 1.35 bits per heavy atom. The summed E-state index contributed by atoms with van der Waals surface area (Å²) in [7, 11) is -3.74. The Labute approximate surface area is 159 Å². The van der Waals surface area contributed by atoms with E-state index in [0.717, 1.165) is 0 Å². The molecule has 1 saturated heterocycles. The van der Waals surface area contributed by atoms with Crippen molar-refractivity contribution in [2.75, 3.05) is 19.6 Å². The van der Waals surface area contributed by atoms with Crippen LogP contribution in [0, 0.1) is 19.7 Å². The Kier molecular flexibility index (Phi) is 6.44. The van der Waals surface area contributed by atoms with Gasteiger partial charge in [0, 0.05) is 26.2 Å². The van der Waals surface area contributed by atoms with Crippen LogP contribution in [0.3, 0.4) is 0 Å². The highest BCUT2D eigenvalue weighted by Gasteiger charge is 2.37. The van der Waals surface area contributed by atoms with Crippen LogP contribution in [0.25, 0.3) is 0 Å². The van der Waals surface area contributed by atoms with E-state index in [-0.39, 0.29) is 23.1 Å². The summed E-state index contributed by atoms with van der Waals surface area (Å²) in [5.74, 6) is -0.369. The number of nitrogens with zero attached hydrogens (tertiary/aromatic N) is 3. The first-order valence-corrected chi connectivity index (χ1v) is 9.82.